The first kappa shape index (κ1) is 26.4. The summed E-state index contributed by atoms with van der Waals surface area (Å²) < 4.78 is 37.0. The number of likely N-dealkylation sites (N-methyl/N-ethyl adjacent to an activating group) is 1. The van der Waals surface area contributed by atoms with Gasteiger partial charge in [0.15, 0.2) is 0 Å². The Labute approximate surface area is 188 Å². The zero-order chi connectivity index (χ0) is 22.1. The van der Waals surface area contributed by atoms with Crippen LogP contribution < -0.4 is 4.74 Å². The van der Waals surface area contributed by atoms with E-state index in [0.717, 1.165) is 0 Å². The molecule has 0 amide bonds. The van der Waals surface area contributed by atoms with E-state index in [2.05, 4.69) is 0 Å². The van der Waals surface area contributed by atoms with Crippen LogP contribution in [-0.4, -0.2) is 63.7 Å². The number of esters is 1. The minimum Gasteiger partial charge on any atom is -0.488 e. The molecule has 0 heterocycles. The predicted molar refractivity (Wildman–Crippen MR) is 116 cm³/mol. The maximum absolute atomic E-state index is 13.0. The van der Waals surface area contributed by atoms with Crippen LogP contribution in [0.15, 0.2) is 64.4 Å². The molecule has 2 aromatic rings. The fraction of sp³-hybridized carbons (Fsp3) is 0.333. The standard InChI is InChI=1S/C21H25NO7S.ClH/c1-22(2)14-16(29-21(25)13-12-20(23)24)15-28-18-10-6-7-11-19(18)30(26,27)17-8-4-3-5-9-17;/h3-11,16H,12-15H2,1-2H3,(H,23,24);1H. The fourth-order valence-electron chi connectivity index (χ4n) is 2.69. The van der Waals surface area contributed by atoms with Crippen LogP contribution in [0.1, 0.15) is 12.8 Å². The monoisotopic (exact) mass is 471 g/mol. The average molecular weight is 472 g/mol. The van der Waals surface area contributed by atoms with Crippen molar-refractivity contribution >= 4 is 34.2 Å². The Morgan fingerprint density at radius 3 is 2.23 bits per heavy atom. The van der Waals surface area contributed by atoms with Gasteiger partial charge in [0, 0.05) is 6.54 Å². The number of carbonyl (C=O) groups is 2. The summed E-state index contributed by atoms with van der Waals surface area (Å²) in [5, 5.41) is 8.70. The number of benzene rings is 2. The van der Waals surface area contributed by atoms with Gasteiger partial charge in [-0.2, -0.15) is 0 Å². The number of carbonyl (C=O) groups excluding carboxylic acids is 1. The van der Waals surface area contributed by atoms with E-state index in [1.54, 1.807) is 49.3 Å². The molecule has 0 saturated carbocycles. The lowest BCUT2D eigenvalue weighted by Crippen LogP contribution is -2.35. The van der Waals surface area contributed by atoms with E-state index in [4.69, 9.17) is 14.6 Å². The number of ether oxygens (including phenoxy) is 2. The van der Waals surface area contributed by atoms with E-state index in [1.807, 2.05) is 0 Å². The summed E-state index contributed by atoms with van der Waals surface area (Å²) in [6.45, 7) is 0.241. The van der Waals surface area contributed by atoms with E-state index in [1.165, 1.54) is 24.3 Å². The van der Waals surface area contributed by atoms with Crippen LogP contribution in [-0.2, 0) is 24.2 Å². The molecule has 0 spiro atoms. The molecule has 0 bridgehead atoms. The van der Waals surface area contributed by atoms with Gasteiger partial charge < -0.3 is 19.5 Å². The number of hydrogen-bond donors (Lipinski definition) is 1. The summed E-state index contributed by atoms with van der Waals surface area (Å²) in [6, 6.07) is 14.3. The third-order valence-electron chi connectivity index (χ3n) is 4.03. The quantitative estimate of drug-likeness (QED) is 0.498. The molecule has 0 aliphatic heterocycles. The minimum atomic E-state index is -3.79. The molecular weight excluding hydrogens is 446 g/mol. The molecule has 2 rings (SSSR count). The molecule has 0 radical (unpaired) electrons. The van der Waals surface area contributed by atoms with Gasteiger partial charge in [-0.3, -0.25) is 9.59 Å². The first-order valence-corrected chi connectivity index (χ1v) is 10.8. The summed E-state index contributed by atoms with van der Waals surface area (Å²) in [4.78, 5) is 24.5. The topological polar surface area (TPSA) is 110 Å². The van der Waals surface area contributed by atoms with Crippen molar-refractivity contribution in [3.63, 3.8) is 0 Å². The molecule has 1 unspecified atom stereocenters. The second-order valence-electron chi connectivity index (χ2n) is 6.84. The van der Waals surface area contributed by atoms with Crippen molar-refractivity contribution in [1.82, 2.24) is 4.90 Å². The summed E-state index contributed by atoms with van der Waals surface area (Å²) in [5.41, 5.74) is 0. The number of hydrogen-bond acceptors (Lipinski definition) is 7. The van der Waals surface area contributed by atoms with Gasteiger partial charge in [-0.25, -0.2) is 8.42 Å². The van der Waals surface area contributed by atoms with Crippen molar-refractivity contribution in [2.45, 2.75) is 28.7 Å². The number of sulfone groups is 1. The Bertz CT molecular complexity index is 965. The maximum Gasteiger partial charge on any atom is 0.306 e. The molecule has 8 nitrogen and oxygen atoms in total. The molecule has 0 saturated heterocycles. The van der Waals surface area contributed by atoms with Crippen molar-refractivity contribution in [3.05, 3.63) is 54.6 Å². The van der Waals surface area contributed by atoms with Crippen LogP contribution in [0.4, 0.5) is 0 Å². The second-order valence-corrected chi connectivity index (χ2v) is 8.76. The van der Waals surface area contributed by atoms with Crippen LogP contribution in [0.2, 0.25) is 0 Å². The highest BCUT2D eigenvalue weighted by molar-refractivity contribution is 7.91. The molecule has 0 aliphatic carbocycles. The van der Waals surface area contributed by atoms with Gasteiger partial charge in [-0.1, -0.05) is 30.3 Å². The molecule has 2 aromatic carbocycles. The Balaban J connectivity index is 0.00000480. The van der Waals surface area contributed by atoms with Crippen LogP contribution in [0.25, 0.3) is 0 Å². The van der Waals surface area contributed by atoms with E-state index in [0.29, 0.717) is 6.54 Å². The lowest BCUT2D eigenvalue weighted by molar-refractivity contribution is -0.153. The molecule has 170 valence electrons. The normalized spacial score (nSPS) is 12.0. The van der Waals surface area contributed by atoms with Crippen molar-refractivity contribution in [2.75, 3.05) is 27.2 Å². The number of rotatable bonds is 11. The molecular formula is C21H26ClNO7S. The Morgan fingerprint density at radius 2 is 1.61 bits per heavy atom. The highest BCUT2D eigenvalue weighted by atomic mass is 35.5. The summed E-state index contributed by atoms with van der Waals surface area (Å²) >= 11 is 0. The zero-order valence-electron chi connectivity index (χ0n) is 17.3. The maximum atomic E-state index is 13.0. The lowest BCUT2D eigenvalue weighted by atomic mass is 10.3. The predicted octanol–water partition coefficient (Wildman–Crippen LogP) is 2.66. The van der Waals surface area contributed by atoms with Crippen LogP contribution in [0, 0.1) is 0 Å². The van der Waals surface area contributed by atoms with Gasteiger partial charge in [-0.15, -0.1) is 12.4 Å². The van der Waals surface area contributed by atoms with Gasteiger partial charge in [0.05, 0.1) is 17.7 Å². The van der Waals surface area contributed by atoms with Gasteiger partial charge in [0.25, 0.3) is 0 Å². The zero-order valence-corrected chi connectivity index (χ0v) is 18.9. The van der Waals surface area contributed by atoms with Gasteiger partial charge >= 0.3 is 11.9 Å². The first-order chi connectivity index (χ1) is 14.2. The molecule has 0 aliphatic rings. The van der Waals surface area contributed by atoms with Gasteiger partial charge in [0.2, 0.25) is 9.84 Å². The van der Waals surface area contributed by atoms with Gasteiger partial charge in [-0.05, 0) is 38.4 Å². The van der Waals surface area contributed by atoms with Crippen molar-refractivity contribution < 1.29 is 32.6 Å². The number of carboxylic acids is 1. The number of nitrogens with zero attached hydrogens (tertiary/aromatic N) is 1. The second kappa shape index (κ2) is 12.3. The Hall–Kier alpha value is -2.62. The van der Waals surface area contributed by atoms with Crippen molar-refractivity contribution in [2.24, 2.45) is 0 Å². The SMILES string of the molecule is CN(C)CC(COc1ccccc1S(=O)(=O)c1ccccc1)OC(=O)CCC(=O)O.Cl. The van der Waals surface area contributed by atoms with Crippen LogP contribution in [0.3, 0.4) is 0 Å². The first-order valence-electron chi connectivity index (χ1n) is 9.28. The Kier molecular flexibility index (Phi) is 10.5. The van der Waals surface area contributed by atoms with E-state index in [9.17, 15) is 18.0 Å². The molecule has 0 aromatic heterocycles. The third kappa shape index (κ3) is 8.20. The number of para-hydroxylation sites is 1. The van der Waals surface area contributed by atoms with Crippen LogP contribution >= 0.6 is 12.4 Å². The smallest absolute Gasteiger partial charge is 0.306 e. The summed E-state index contributed by atoms with van der Waals surface area (Å²) in [5.74, 6) is -1.60. The third-order valence-corrected chi connectivity index (χ3v) is 5.84. The largest absolute Gasteiger partial charge is 0.488 e. The average Bonchev–Trinajstić information content (AvgIpc) is 2.71. The highest BCUT2D eigenvalue weighted by Gasteiger charge is 2.23. The number of halogens is 1. The summed E-state index contributed by atoms with van der Waals surface area (Å²) in [7, 11) is -0.223. The number of carboxylic acid groups (broad SMARTS) is 1. The van der Waals surface area contributed by atoms with Crippen molar-refractivity contribution in [3.8, 4) is 5.75 Å². The van der Waals surface area contributed by atoms with E-state index in [-0.39, 0.29) is 47.4 Å². The van der Waals surface area contributed by atoms with E-state index >= 15 is 0 Å². The molecule has 0 fully saturated rings. The fourth-order valence-corrected chi connectivity index (χ4v) is 4.10. The minimum absolute atomic E-state index is 0. The molecule has 1 atom stereocenters. The molecule has 1 N–H and O–H groups in total. The number of aliphatic carboxylic acids is 1. The lowest BCUT2D eigenvalue weighted by Gasteiger charge is -2.22. The summed E-state index contributed by atoms with van der Waals surface area (Å²) in [6.07, 6.45) is -1.28. The van der Waals surface area contributed by atoms with Gasteiger partial charge in [0.1, 0.15) is 23.4 Å². The molecule has 10 heteroatoms. The highest BCUT2D eigenvalue weighted by Crippen LogP contribution is 2.29. The van der Waals surface area contributed by atoms with E-state index < -0.39 is 27.9 Å². The van der Waals surface area contributed by atoms with Crippen LogP contribution in [0.5, 0.6) is 5.75 Å². The van der Waals surface area contributed by atoms with Crippen molar-refractivity contribution in [1.29, 1.82) is 0 Å². The molecule has 31 heavy (non-hydrogen) atoms. The Morgan fingerprint density at radius 1 is 1.00 bits per heavy atom.